The van der Waals surface area contributed by atoms with Crippen LogP contribution in [0.25, 0.3) is 33.3 Å². The minimum Gasteiger partial charge on any atom is -0.497 e. The molecular formula is C24H21N3O3S. The van der Waals surface area contributed by atoms with Gasteiger partial charge in [-0.3, -0.25) is 0 Å². The van der Waals surface area contributed by atoms with Gasteiger partial charge in [0.05, 0.1) is 23.3 Å². The fourth-order valence-electron chi connectivity index (χ4n) is 3.88. The molecule has 2 N–H and O–H groups in total. The van der Waals surface area contributed by atoms with E-state index in [-0.39, 0.29) is 4.90 Å². The van der Waals surface area contributed by atoms with Crippen LogP contribution in [0.4, 0.5) is 0 Å². The van der Waals surface area contributed by atoms with Gasteiger partial charge in [-0.15, -0.1) is 0 Å². The first-order valence-electron chi connectivity index (χ1n) is 9.71. The number of aryl methyl sites for hydroxylation is 1. The summed E-state index contributed by atoms with van der Waals surface area (Å²) in [5.41, 5.74) is 4.97. The number of methoxy groups -OCH3 is 1. The van der Waals surface area contributed by atoms with Gasteiger partial charge < -0.3 is 9.30 Å². The normalized spacial score (nSPS) is 11.4. The van der Waals surface area contributed by atoms with Crippen LogP contribution in [0.15, 0.2) is 71.6 Å². The Kier molecular flexibility index (Phi) is 5.27. The molecule has 0 unspecified atom stereocenters. The zero-order chi connectivity index (χ0) is 22.2. The standard InChI is InChI=1S/C24H21N3O3S/c1-3-27-23-12-9-18(17-5-4-6-19(13-17)30-2)14-21(23)22(15-25)24(27)16-7-10-20(11-8-16)31(26,28)29/h4-14H,3H2,1-2H3,(H2,26,28,29). The van der Waals surface area contributed by atoms with E-state index in [4.69, 9.17) is 9.88 Å². The van der Waals surface area contributed by atoms with Gasteiger partial charge in [0.1, 0.15) is 11.8 Å². The fourth-order valence-corrected chi connectivity index (χ4v) is 4.40. The number of nitrogens with zero attached hydrogens (tertiary/aromatic N) is 2. The largest absolute Gasteiger partial charge is 0.497 e. The second kappa shape index (κ2) is 7.91. The Bertz CT molecular complexity index is 1430. The minimum atomic E-state index is -3.78. The summed E-state index contributed by atoms with van der Waals surface area (Å²) in [5, 5.41) is 16.1. The first kappa shape index (κ1) is 20.7. The molecule has 0 bridgehead atoms. The van der Waals surface area contributed by atoms with Crippen molar-refractivity contribution >= 4 is 20.9 Å². The lowest BCUT2D eigenvalue weighted by molar-refractivity contribution is 0.415. The summed E-state index contributed by atoms with van der Waals surface area (Å²) < 4.78 is 30.6. The molecule has 31 heavy (non-hydrogen) atoms. The molecule has 6 nitrogen and oxygen atoms in total. The summed E-state index contributed by atoms with van der Waals surface area (Å²) in [6.45, 7) is 2.67. The Labute approximate surface area is 181 Å². The lowest BCUT2D eigenvalue weighted by atomic mass is 10.0. The molecule has 0 aliphatic carbocycles. The van der Waals surface area contributed by atoms with E-state index >= 15 is 0 Å². The van der Waals surface area contributed by atoms with Gasteiger partial charge in [0.2, 0.25) is 10.0 Å². The quantitative estimate of drug-likeness (QED) is 0.502. The van der Waals surface area contributed by atoms with E-state index in [0.717, 1.165) is 39.0 Å². The molecule has 0 saturated heterocycles. The second-order valence-electron chi connectivity index (χ2n) is 7.11. The minimum absolute atomic E-state index is 0.0363. The summed E-state index contributed by atoms with van der Waals surface area (Å²) in [5.74, 6) is 0.764. The molecule has 0 atom stereocenters. The monoisotopic (exact) mass is 431 g/mol. The molecule has 0 aliphatic rings. The molecule has 156 valence electrons. The maximum Gasteiger partial charge on any atom is 0.238 e. The van der Waals surface area contributed by atoms with Gasteiger partial charge in [0, 0.05) is 17.4 Å². The van der Waals surface area contributed by atoms with Gasteiger partial charge in [0.25, 0.3) is 0 Å². The zero-order valence-corrected chi connectivity index (χ0v) is 18.0. The Balaban J connectivity index is 1.93. The zero-order valence-electron chi connectivity index (χ0n) is 17.2. The van der Waals surface area contributed by atoms with E-state index < -0.39 is 10.0 Å². The summed E-state index contributed by atoms with van der Waals surface area (Å²) in [4.78, 5) is 0.0363. The summed E-state index contributed by atoms with van der Waals surface area (Å²) >= 11 is 0. The van der Waals surface area contributed by atoms with E-state index in [2.05, 4.69) is 10.6 Å². The number of ether oxygens (including phenoxy) is 1. The van der Waals surface area contributed by atoms with Crippen LogP contribution in [0.1, 0.15) is 12.5 Å². The number of hydrogen-bond donors (Lipinski definition) is 1. The molecule has 0 spiro atoms. The molecule has 4 rings (SSSR count). The van der Waals surface area contributed by atoms with Crippen LogP contribution in [-0.4, -0.2) is 20.1 Å². The highest BCUT2D eigenvalue weighted by molar-refractivity contribution is 7.89. The van der Waals surface area contributed by atoms with E-state index in [1.54, 1.807) is 19.2 Å². The van der Waals surface area contributed by atoms with Gasteiger partial charge in [-0.25, -0.2) is 13.6 Å². The Hall–Kier alpha value is -3.60. The number of aromatic nitrogens is 1. The first-order valence-corrected chi connectivity index (χ1v) is 11.3. The molecule has 0 saturated carbocycles. The van der Waals surface area contributed by atoms with Crippen LogP contribution in [0.3, 0.4) is 0 Å². The van der Waals surface area contributed by atoms with E-state index in [0.29, 0.717) is 12.1 Å². The average molecular weight is 432 g/mol. The van der Waals surface area contributed by atoms with Crippen LogP contribution in [0.2, 0.25) is 0 Å². The predicted molar refractivity (Wildman–Crippen MR) is 121 cm³/mol. The van der Waals surface area contributed by atoms with Gasteiger partial charge in [-0.1, -0.05) is 30.3 Å². The van der Waals surface area contributed by atoms with Crippen LogP contribution < -0.4 is 9.88 Å². The molecular weight excluding hydrogens is 410 g/mol. The number of nitrogens with two attached hydrogens (primary N) is 1. The van der Waals surface area contributed by atoms with Crippen LogP contribution in [0.5, 0.6) is 5.75 Å². The third-order valence-corrected chi connectivity index (χ3v) is 6.28. The molecule has 1 heterocycles. The fraction of sp³-hybridized carbons (Fsp3) is 0.125. The first-order chi connectivity index (χ1) is 14.9. The maximum atomic E-state index is 11.6. The molecule has 0 fully saturated rings. The van der Waals surface area contributed by atoms with E-state index in [1.165, 1.54) is 12.1 Å². The molecule has 0 amide bonds. The number of benzene rings is 3. The van der Waals surface area contributed by atoms with Gasteiger partial charge in [-0.05, 0) is 60.0 Å². The third-order valence-electron chi connectivity index (χ3n) is 5.35. The van der Waals surface area contributed by atoms with Crippen molar-refractivity contribution in [2.75, 3.05) is 7.11 Å². The second-order valence-corrected chi connectivity index (χ2v) is 8.67. The number of rotatable bonds is 5. The number of sulfonamides is 1. The van der Waals surface area contributed by atoms with Crippen molar-refractivity contribution in [3.63, 3.8) is 0 Å². The van der Waals surface area contributed by atoms with Crippen LogP contribution in [0, 0.1) is 11.3 Å². The number of hydrogen-bond acceptors (Lipinski definition) is 4. The molecule has 3 aromatic carbocycles. The summed E-state index contributed by atoms with van der Waals surface area (Å²) in [7, 11) is -2.15. The number of fused-ring (bicyclic) bond motifs is 1. The predicted octanol–water partition coefficient (Wildman–Crippen LogP) is 4.52. The molecule has 0 radical (unpaired) electrons. The number of nitriles is 1. The third kappa shape index (κ3) is 3.67. The summed E-state index contributed by atoms with van der Waals surface area (Å²) in [6, 6.07) is 22.5. The number of primary sulfonamides is 1. The summed E-state index contributed by atoms with van der Waals surface area (Å²) in [6.07, 6.45) is 0. The van der Waals surface area contributed by atoms with Gasteiger partial charge in [0.15, 0.2) is 0 Å². The molecule has 1 aromatic heterocycles. The Morgan fingerprint density at radius 3 is 2.29 bits per heavy atom. The lowest BCUT2D eigenvalue weighted by Crippen LogP contribution is -2.11. The Morgan fingerprint density at radius 2 is 1.68 bits per heavy atom. The highest BCUT2D eigenvalue weighted by Crippen LogP contribution is 2.36. The van der Waals surface area contributed by atoms with Crippen molar-refractivity contribution in [3.8, 4) is 34.2 Å². The smallest absolute Gasteiger partial charge is 0.238 e. The highest BCUT2D eigenvalue weighted by atomic mass is 32.2. The lowest BCUT2D eigenvalue weighted by Gasteiger charge is -2.09. The highest BCUT2D eigenvalue weighted by Gasteiger charge is 2.19. The van der Waals surface area contributed by atoms with Crippen molar-refractivity contribution < 1.29 is 13.2 Å². The van der Waals surface area contributed by atoms with Crippen molar-refractivity contribution in [3.05, 3.63) is 72.3 Å². The van der Waals surface area contributed by atoms with Crippen LogP contribution in [-0.2, 0) is 16.6 Å². The average Bonchev–Trinajstić information content (AvgIpc) is 3.11. The van der Waals surface area contributed by atoms with Gasteiger partial charge >= 0.3 is 0 Å². The van der Waals surface area contributed by atoms with Crippen molar-refractivity contribution in [1.29, 1.82) is 5.26 Å². The molecule has 0 aliphatic heterocycles. The van der Waals surface area contributed by atoms with Gasteiger partial charge in [-0.2, -0.15) is 5.26 Å². The Morgan fingerprint density at radius 1 is 1.00 bits per heavy atom. The molecule has 7 heteroatoms. The van der Waals surface area contributed by atoms with Crippen LogP contribution >= 0.6 is 0 Å². The van der Waals surface area contributed by atoms with Crippen molar-refractivity contribution in [2.24, 2.45) is 5.14 Å². The van der Waals surface area contributed by atoms with Crippen molar-refractivity contribution in [2.45, 2.75) is 18.4 Å². The van der Waals surface area contributed by atoms with E-state index in [1.807, 2.05) is 49.4 Å². The maximum absolute atomic E-state index is 11.6. The van der Waals surface area contributed by atoms with E-state index in [9.17, 15) is 13.7 Å². The SMILES string of the molecule is CCn1c(-c2ccc(S(N)(=O)=O)cc2)c(C#N)c2cc(-c3cccc(OC)c3)ccc21. The van der Waals surface area contributed by atoms with Crippen molar-refractivity contribution in [1.82, 2.24) is 4.57 Å². The topological polar surface area (TPSA) is 98.1 Å². The molecule has 4 aromatic rings.